The lowest BCUT2D eigenvalue weighted by molar-refractivity contribution is 0.00645. The number of nitrogens with one attached hydrogen (secondary N) is 1. The normalized spacial score (nSPS) is 23.7. The fourth-order valence-corrected chi connectivity index (χ4v) is 3.92. The smallest absolute Gasteiger partial charge is 0.410 e. The van der Waals surface area contributed by atoms with E-state index in [1.807, 2.05) is 37.0 Å². The first-order valence-corrected chi connectivity index (χ1v) is 9.31. The highest BCUT2D eigenvalue weighted by Crippen LogP contribution is 2.26. The van der Waals surface area contributed by atoms with Crippen LogP contribution >= 0.6 is 11.3 Å². The molecule has 0 bridgehead atoms. The van der Waals surface area contributed by atoms with Crippen molar-refractivity contribution < 1.29 is 9.53 Å². The molecule has 0 aliphatic carbocycles. The van der Waals surface area contributed by atoms with Crippen LogP contribution in [0.4, 0.5) is 4.79 Å². The Balaban J connectivity index is 1.99. The summed E-state index contributed by atoms with van der Waals surface area (Å²) in [5.41, 5.74) is -0.445. The molecule has 5 heteroatoms. The van der Waals surface area contributed by atoms with Gasteiger partial charge in [-0.2, -0.15) is 0 Å². The minimum absolute atomic E-state index is 0.141. The Labute approximate surface area is 144 Å². The number of rotatable bonds is 3. The topological polar surface area (TPSA) is 41.6 Å². The summed E-state index contributed by atoms with van der Waals surface area (Å²) >= 11 is 1.83. The third kappa shape index (κ3) is 4.95. The molecular formula is C18H30N2O2S. The van der Waals surface area contributed by atoms with Gasteiger partial charge in [0.1, 0.15) is 5.60 Å². The van der Waals surface area contributed by atoms with Crippen LogP contribution in [0, 0.1) is 6.92 Å². The molecule has 1 N–H and O–H groups in total. The minimum Gasteiger partial charge on any atom is -0.444 e. The van der Waals surface area contributed by atoms with Crippen molar-refractivity contribution in [3.63, 3.8) is 0 Å². The molecule has 2 rings (SSSR count). The second kappa shape index (κ2) is 7.22. The Bertz CT molecular complexity index is 535. The second-order valence-corrected chi connectivity index (χ2v) is 8.82. The van der Waals surface area contributed by atoms with Gasteiger partial charge in [0, 0.05) is 34.4 Å². The van der Waals surface area contributed by atoms with Crippen molar-refractivity contribution in [1.29, 1.82) is 0 Å². The highest BCUT2D eigenvalue weighted by Gasteiger charge is 2.34. The van der Waals surface area contributed by atoms with E-state index in [0.29, 0.717) is 12.1 Å². The first kappa shape index (κ1) is 18.3. The number of thiophene rings is 1. The van der Waals surface area contributed by atoms with E-state index in [1.165, 1.54) is 9.75 Å². The van der Waals surface area contributed by atoms with Crippen LogP contribution in [0.15, 0.2) is 12.1 Å². The summed E-state index contributed by atoms with van der Waals surface area (Å²) in [6.45, 7) is 13.0. The predicted octanol–water partition coefficient (Wildman–Crippen LogP) is 4.50. The van der Waals surface area contributed by atoms with E-state index in [9.17, 15) is 4.79 Å². The fraction of sp³-hybridized carbons (Fsp3) is 0.722. The fourth-order valence-electron chi connectivity index (χ4n) is 3.03. The van der Waals surface area contributed by atoms with E-state index in [4.69, 9.17) is 4.74 Å². The van der Waals surface area contributed by atoms with Gasteiger partial charge >= 0.3 is 6.09 Å². The van der Waals surface area contributed by atoms with Crippen molar-refractivity contribution >= 4 is 17.4 Å². The predicted molar refractivity (Wildman–Crippen MR) is 96.0 cm³/mol. The number of carbonyl (C=O) groups excluding carboxylic acids is 1. The van der Waals surface area contributed by atoms with Gasteiger partial charge in [0.15, 0.2) is 0 Å². The van der Waals surface area contributed by atoms with E-state index in [-0.39, 0.29) is 12.1 Å². The van der Waals surface area contributed by atoms with Gasteiger partial charge in [-0.1, -0.05) is 0 Å². The van der Waals surface area contributed by atoms with Gasteiger partial charge in [-0.3, -0.25) is 0 Å². The minimum atomic E-state index is -0.445. The number of carbonyl (C=O) groups is 1. The van der Waals surface area contributed by atoms with Crippen LogP contribution in [0.25, 0.3) is 0 Å². The van der Waals surface area contributed by atoms with Crippen LogP contribution in [0.5, 0.6) is 0 Å². The lowest BCUT2D eigenvalue weighted by Crippen LogP contribution is -2.55. The molecule has 0 saturated carbocycles. The standard InChI is InChI=1S/C18H30N2O2S/c1-12-9-10-16(23-12)13(2)19-15-8-7-11-20(14(15)3)17(21)22-18(4,5)6/h9-10,13-15,19H,7-8,11H2,1-6H3. The summed E-state index contributed by atoms with van der Waals surface area (Å²) in [7, 11) is 0. The van der Waals surface area contributed by atoms with E-state index in [1.54, 1.807) is 0 Å². The molecule has 23 heavy (non-hydrogen) atoms. The Morgan fingerprint density at radius 2 is 2.13 bits per heavy atom. The van der Waals surface area contributed by atoms with E-state index in [2.05, 4.69) is 38.2 Å². The zero-order valence-corrected chi connectivity index (χ0v) is 16.0. The van der Waals surface area contributed by atoms with Crippen molar-refractivity contribution in [3.8, 4) is 0 Å². The third-order valence-electron chi connectivity index (χ3n) is 4.27. The number of hydrogen-bond donors (Lipinski definition) is 1. The Morgan fingerprint density at radius 3 is 2.70 bits per heavy atom. The number of amides is 1. The van der Waals surface area contributed by atoms with Crippen molar-refractivity contribution in [2.45, 2.75) is 78.1 Å². The Morgan fingerprint density at radius 1 is 1.43 bits per heavy atom. The number of ether oxygens (including phenoxy) is 1. The summed E-state index contributed by atoms with van der Waals surface area (Å²) in [5, 5.41) is 3.71. The molecule has 0 spiro atoms. The molecule has 4 nitrogen and oxygen atoms in total. The largest absolute Gasteiger partial charge is 0.444 e. The van der Waals surface area contributed by atoms with Crippen LogP contribution < -0.4 is 5.32 Å². The summed E-state index contributed by atoms with van der Waals surface area (Å²) in [4.78, 5) is 17.0. The molecule has 1 amide bonds. The summed E-state index contributed by atoms with van der Waals surface area (Å²) in [6, 6.07) is 5.10. The number of aryl methyl sites for hydroxylation is 1. The zero-order valence-electron chi connectivity index (χ0n) is 15.2. The molecule has 0 radical (unpaired) electrons. The first-order valence-electron chi connectivity index (χ1n) is 8.49. The first-order chi connectivity index (χ1) is 10.7. The van der Waals surface area contributed by atoms with Gasteiger partial charge in [0.2, 0.25) is 0 Å². The van der Waals surface area contributed by atoms with Crippen molar-refractivity contribution in [2.75, 3.05) is 6.54 Å². The van der Waals surface area contributed by atoms with Crippen LogP contribution in [0.2, 0.25) is 0 Å². The molecule has 3 unspecified atom stereocenters. The van der Waals surface area contributed by atoms with E-state index >= 15 is 0 Å². The number of piperidine rings is 1. The maximum absolute atomic E-state index is 12.4. The van der Waals surface area contributed by atoms with Crippen molar-refractivity contribution in [3.05, 3.63) is 21.9 Å². The molecule has 130 valence electrons. The van der Waals surface area contributed by atoms with Gasteiger partial charge in [-0.05, 0) is 66.5 Å². The molecule has 1 fully saturated rings. The average molecular weight is 339 g/mol. The van der Waals surface area contributed by atoms with Crippen molar-refractivity contribution in [2.24, 2.45) is 0 Å². The van der Waals surface area contributed by atoms with Crippen molar-refractivity contribution in [1.82, 2.24) is 10.2 Å². The molecule has 2 heterocycles. The lowest BCUT2D eigenvalue weighted by atomic mass is 9.97. The second-order valence-electron chi connectivity index (χ2n) is 7.50. The van der Waals surface area contributed by atoms with Gasteiger partial charge in [-0.15, -0.1) is 11.3 Å². The maximum Gasteiger partial charge on any atom is 0.410 e. The van der Waals surface area contributed by atoms with Crippen LogP contribution in [-0.2, 0) is 4.74 Å². The summed E-state index contributed by atoms with van der Waals surface area (Å²) in [6.07, 6.45) is 1.91. The van der Waals surface area contributed by atoms with Crippen LogP contribution in [0.1, 0.15) is 63.3 Å². The molecule has 1 aliphatic heterocycles. The van der Waals surface area contributed by atoms with E-state index < -0.39 is 5.60 Å². The number of likely N-dealkylation sites (tertiary alicyclic amines) is 1. The maximum atomic E-state index is 12.4. The van der Waals surface area contributed by atoms with Crippen LogP contribution in [-0.4, -0.2) is 35.2 Å². The SMILES string of the molecule is Cc1ccc(C(C)NC2CCCN(C(=O)OC(C)(C)C)C2C)s1. The quantitative estimate of drug-likeness (QED) is 0.882. The Hall–Kier alpha value is -1.07. The van der Waals surface area contributed by atoms with Gasteiger partial charge < -0.3 is 15.0 Å². The zero-order chi connectivity index (χ0) is 17.2. The Kier molecular flexibility index (Phi) is 5.74. The summed E-state index contributed by atoms with van der Waals surface area (Å²) < 4.78 is 5.55. The third-order valence-corrected chi connectivity index (χ3v) is 5.45. The lowest BCUT2D eigenvalue weighted by Gasteiger charge is -2.41. The summed E-state index contributed by atoms with van der Waals surface area (Å²) in [5.74, 6) is 0. The molecular weight excluding hydrogens is 308 g/mol. The van der Waals surface area contributed by atoms with E-state index in [0.717, 1.165) is 19.4 Å². The molecule has 1 aromatic rings. The monoisotopic (exact) mass is 338 g/mol. The number of nitrogens with zero attached hydrogens (tertiary/aromatic N) is 1. The van der Waals surface area contributed by atoms with Gasteiger partial charge in [0.25, 0.3) is 0 Å². The molecule has 1 aromatic heterocycles. The average Bonchev–Trinajstić information content (AvgIpc) is 2.86. The van der Waals surface area contributed by atoms with Gasteiger partial charge in [-0.25, -0.2) is 4.79 Å². The highest BCUT2D eigenvalue weighted by molar-refractivity contribution is 7.12. The molecule has 3 atom stereocenters. The van der Waals surface area contributed by atoms with Gasteiger partial charge in [0.05, 0.1) is 0 Å². The van der Waals surface area contributed by atoms with Crippen LogP contribution in [0.3, 0.4) is 0 Å². The molecule has 0 aromatic carbocycles. The molecule has 1 aliphatic rings. The number of hydrogen-bond acceptors (Lipinski definition) is 4. The molecule has 1 saturated heterocycles. The highest BCUT2D eigenvalue weighted by atomic mass is 32.1.